The van der Waals surface area contributed by atoms with Gasteiger partial charge in [0.2, 0.25) is 0 Å². The first-order valence-electron chi connectivity index (χ1n) is 8.65. The summed E-state index contributed by atoms with van der Waals surface area (Å²) in [4.78, 5) is 3.59. The molecule has 0 radical (unpaired) electrons. The van der Waals surface area contributed by atoms with E-state index in [-0.39, 0.29) is 0 Å². The van der Waals surface area contributed by atoms with Crippen LogP contribution in [0.4, 0.5) is 0 Å². The van der Waals surface area contributed by atoms with Crippen molar-refractivity contribution in [3.05, 3.63) is 96.0 Å². The maximum absolute atomic E-state index is 6.28. The summed E-state index contributed by atoms with van der Waals surface area (Å²) in [7, 11) is 0. The van der Waals surface area contributed by atoms with Gasteiger partial charge in [0.05, 0.1) is 5.52 Å². The van der Waals surface area contributed by atoms with Gasteiger partial charge in [-0.3, -0.25) is 0 Å². The van der Waals surface area contributed by atoms with Crippen molar-refractivity contribution in [1.82, 2.24) is 4.98 Å². The van der Waals surface area contributed by atoms with Crippen molar-refractivity contribution in [1.29, 1.82) is 0 Å². The second-order valence-electron chi connectivity index (χ2n) is 6.49. The minimum absolute atomic E-state index is 0.754. The van der Waals surface area contributed by atoms with E-state index in [2.05, 4.69) is 71.7 Å². The third-order valence-corrected chi connectivity index (χ3v) is 5.10. The zero-order valence-corrected chi connectivity index (χ0v) is 14.8. The molecule has 1 N–H and O–H groups in total. The van der Waals surface area contributed by atoms with Crippen LogP contribution in [0.1, 0.15) is 0 Å². The minimum Gasteiger partial charge on any atom is -0.354 e. The molecule has 0 aliphatic carbocycles. The fourth-order valence-corrected chi connectivity index (χ4v) is 3.79. The molecule has 26 heavy (non-hydrogen) atoms. The predicted molar refractivity (Wildman–Crippen MR) is 112 cm³/mol. The van der Waals surface area contributed by atoms with Crippen LogP contribution < -0.4 is 0 Å². The number of fused-ring (bicyclic) bond motifs is 3. The Hall–Kier alpha value is -3.03. The van der Waals surface area contributed by atoms with Gasteiger partial charge in [-0.25, -0.2) is 0 Å². The van der Waals surface area contributed by atoms with Crippen LogP contribution in [0.15, 0.2) is 91.0 Å². The molecule has 2 heteroatoms. The van der Waals surface area contributed by atoms with Gasteiger partial charge in [0.15, 0.2) is 0 Å². The topological polar surface area (TPSA) is 15.8 Å². The standard InChI is InChI=1S/C24H16ClN/c25-19-11-12-23-21(15-19)22-14-18(16-7-3-1-4-8-16)13-20(24(22)26-23)17-9-5-2-6-10-17/h1-15,26H. The number of benzene rings is 4. The van der Waals surface area contributed by atoms with Gasteiger partial charge >= 0.3 is 0 Å². The molecule has 1 heterocycles. The molecule has 0 amide bonds. The number of halogens is 1. The highest BCUT2D eigenvalue weighted by atomic mass is 35.5. The van der Waals surface area contributed by atoms with Crippen molar-refractivity contribution in [3.63, 3.8) is 0 Å². The van der Waals surface area contributed by atoms with Crippen LogP contribution >= 0.6 is 11.6 Å². The normalized spacial score (nSPS) is 11.3. The lowest BCUT2D eigenvalue weighted by molar-refractivity contribution is 1.53. The van der Waals surface area contributed by atoms with Gasteiger partial charge in [-0.05, 0) is 47.0 Å². The van der Waals surface area contributed by atoms with Crippen molar-refractivity contribution in [3.8, 4) is 22.3 Å². The number of aromatic amines is 1. The summed E-state index contributed by atoms with van der Waals surface area (Å²) < 4.78 is 0. The Balaban J connectivity index is 1.90. The van der Waals surface area contributed by atoms with Crippen molar-refractivity contribution in [2.75, 3.05) is 0 Å². The van der Waals surface area contributed by atoms with Gasteiger partial charge in [0, 0.05) is 26.9 Å². The zero-order valence-electron chi connectivity index (χ0n) is 14.0. The van der Waals surface area contributed by atoms with Crippen LogP contribution in [-0.4, -0.2) is 4.98 Å². The fourth-order valence-electron chi connectivity index (χ4n) is 3.61. The molecule has 0 aliphatic rings. The number of hydrogen-bond donors (Lipinski definition) is 1. The van der Waals surface area contributed by atoms with E-state index in [4.69, 9.17) is 11.6 Å². The molecule has 0 bridgehead atoms. The zero-order chi connectivity index (χ0) is 17.5. The van der Waals surface area contributed by atoms with Crippen molar-refractivity contribution in [2.45, 2.75) is 0 Å². The minimum atomic E-state index is 0.754. The Morgan fingerprint density at radius 1 is 0.577 bits per heavy atom. The summed E-state index contributed by atoms with van der Waals surface area (Å²) in [6.07, 6.45) is 0. The lowest BCUT2D eigenvalue weighted by atomic mass is 9.95. The van der Waals surface area contributed by atoms with Gasteiger partial charge in [-0.1, -0.05) is 72.3 Å². The Morgan fingerprint density at radius 2 is 1.27 bits per heavy atom. The quantitative estimate of drug-likeness (QED) is 0.342. The highest BCUT2D eigenvalue weighted by Crippen LogP contribution is 2.38. The van der Waals surface area contributed by atoms with E-state index in [1.54, 1.807) is 0 Å². The Kier molecular flexibility index (Phi) is 3.55. The van der Waals surface area contributed by atoms with E-state index in [1.165, 1.54) is 27.6 Å². The van der Waals surface area contributed by atoms with Crippen molar-refractivity contribution in [2.24, 2.45) is 0 Å². The SMILES string of the molecule is Clc1ccc2[nH]c3c(-c4ccccc4)cc(-c4ccccc4)cc3c2c1. The maximum atomic E-state index is 6.28. The summed E-state index contributed by atoms with van der Waals surface area (Å²) >= 11 is 6.28. The Bertz CT molecular complexity index is 1220. The molecule has 124 valence electrons. The molecule has 5 aromatic rings. The second kappa shape index (κ2) is 6.05. The highest BCUT2D eigenvalue weighted by molar-refractivity contribution is 6.32. The van der Waals surface area contributed by atoms with Crippen molar-refractivity contribution < 1.29 is 0 Å². The lowest BCUT2D eigenvalue weighted by Crippen LogP contribution is -1.84. The molecule has 0 saturated carbocycles. The molecule has 4 aromatic carbocycles. The summed E-state index contributed by atoms with van der Waals surface area (Å²) in [5, 5.41) is 3.11. The highest BCUT2D eigenvalue weighted by Gasteiger charge is 2.13. The van der Waals surface area contributed by atoms with E-state index < -0.39 is 0 Å². The van der Waals surface area contributed by atoms with Crippen LogP contribution in [0.25, 0.3) is 44.1 Å². The summed E-state index contributed by atoms with van der Waals surface area (Å²) in [6.45, 7) is 0. The first-order valence-corrected chi connectivity index (χ1v) is 9.03. The maximum Gasteiger partial charge on any atom is 0.0544 e. The largest absolute Gasteiger partial charge is 0.354 e. The molecule has 0 aliphatic heterocycles. The van der Waals surface area contributed by atoms with Gasteiger partial charge in [0.1, 0.15) is 0 Å². The summed E-state index contributed by atoms with van der Waals surface area (Å²) in [5.41, 5.74) is 7.07. The number of rotatable bonds is 2. The summed E-state index contributed by atoms with van der Waals surface area (Å²) in [6, 6.07) is 31.6. The average molecular weight is 354 g/mol. The Morgan fingerprint density at radius 3 is 2.00 bits per heavy atom. The summed E-state index contributed by atoms with van der Waals surface area (Å²) in [5.74, 6) is 0. The molecule has 1 nitrogen and oxygen atoms in total. The fraction of sp³-hybridized carbons (Fsp3) is 0. The number of H-pyrrole nitrogens is 1. The molecule has 0 fully saturated rings. The first-order chi connectivity index (χ1) is 12.8. The van der Waals surface area contributed by atoms with Crippen LogP contribution in [0.5, 0.6) is 0 Å². The Labute approximate surface area is 156 Å². The molecule has 0 atom stereocenters. The third kappa shape index (κ3) is 2.49. The molecule has 0 unspecified atom stereocenters. The second-order valence-corrected chi connectivity index (χ2v) is 6.93. The number of hydrogen-bond acceptors (Lipinski definition) is 0. The van der Waals surface area contributed by atoms with E-state index in [9.17, 15) is 0 Å². The lowest BCUT2D eigenvalue weighted by Gasteiger charge is -2.09. The van der Waals surface area contributed by atoms with Crippen molar-refractivity contribution >= 4 is 33.4 Å². The first kappa shape index (κ1) is 15.2. The monoisotopic (exact) mass is 353 g/mol. The number of nitrogens with one attached hydrogen (secondary N) is 1. The van der Waals surface area contributed by atoms with Crippen LogP contribution in [0.3, 0.4) is 0 Å². The molecule has 0 saturated heterocycles. The van der Waals surface area contributed by atoms with E-state index in [1.807, 2.05) is 24.3 Å². The molecule has 1 aromatic heterocycles. The molecule has 0 spiro atoms. The van der Waals surface area contributed by atoms with Gasteiger partial charge in [-0.2, -0.15) is 0 Å². The van der Waals surface area contributed by atoms with E-state index >= 15 is 0 Å². The molecular weight excluding hydrogens is 338 g/mol. The van der Waals surface area contributed by atoms with E-state index in [0.29, 0.717) is 0 Å². The third-order valence-electron chi connectivity index (χ3n) is 4.86. The van der Waals surface area contributed by atoms with Gasteiger partial charge in [0.25, 0.3) is 0 Å². The van der Waals surface area contributed by atoms with Gasteiger partial charge in [-0.15, -0.1) is 0 Å². The van der Waals surface area contributed by atoms with Gasteiger partial charge < -0.3 is 4.98 Å². The smallest absolute Gasteiger partial charge is 0.0544 e. The molecular formula is C24H16ClN. The average Bonchev–Trinajstić information content (AvgIpc) is 3.06. The van der Waals surface area contributed by atoms with E-state index in [0.717, 1.165) is 21.4 Å². The van der Waals surface area contributed by atoms with Crippen LogP contribution in [0, 0.1) is 0 Å². The molecule has 5 rings (SSSR count). The van der Waals surface area contributed by atoms with Crippen LogP contribution in [-0.2, 0) is 0 Å². The van der Waals surface area contributed by atoms with Crippen LogP contribution in [0.2, 0.25) is 5.02 Å². The predicted octanol–water partition coefficient (Wildman–Crippen LogP) is 7.31. The number of aromatic nitrogens is 1.